The molecule has 1 saturated heterocycles. The molecule has 0 bridgehead atoms. The van der Waals surface area contributed by atoms with E-state index in [2.05, 4.69) is 11.8 Å². The van der Waals surface area contributed by atoms with E-state index >= 15 is 0 Å². The maximum absolute atomic E-state index is 11.9. The van der Waals surface area contributed by atoms with E-state index in [4.69, 9.17) is 0 Å². The lowest BCUT2D eigenvalue weighted by molar-refractivity contribution is -0.125. The Morgan fingerprint density at radius 1 is 1.56 bits per heavy atom. The van der Waals surface area contributed by atoms with Crippen molar-refractivity contribution in [3.63, 3.8) is 0 Å². The fraction of sp³-hybridized carbons (Fsp3) is 0.615. The zero-order valence-corrected chi connectivity index (χ0v) is 10.4. The van der Waals surface area contributed by atoms with E-state index in [1.807, 2.05) is 36.9 Å². The molecular weight excluding hydrogens is 200 g/mol. The predicted octanol–water partition coefficient (Wildman–Crippen LogP) is 1.12. The number of likely N-dealkylation sites (N-methyl/N-ethyl adjacent to an activating group) is 1. The van der Waals surface area contributed by atoms with E-state index in [9.17, 15) is 4.79 Å². The summed E-state index contributed by atoms with van der Waals surface area (Å²) in [4.78, 5) is 15.8. The highest BCUT2D eigenvalue weighted by Crippen LogP contribution is 2.16. The van der Waals surface area contributed by atoms with Gasteiger partial charge in [0.2, 0.25) is 5.91 Å². The van der Waals surface area contributed by atoms with Crippen LogP contribution in [0.3, 0.4) is 0 Å². The standard InChI is InChI=1S/C13H20N2O/c1-4-7-12-8-5-11-15(12)13(16)9-6-10-14(2)3/h6,9,12H,5,8,10-11H2,1-3H3/b9-6+. The maximum Gasteiger partial charge on any atom is 0.247 e. The first-order valence-electron chi connectivity index (χ1n) is 5.69. The monoisotopic (exact) mass is 220 g/mol. The summed E-state index contributed by atoms with van der Waals surface area (Å²) in [5.74, 6) is 6.07. The molecule has 0 aromatic rings. The molecule has 1 amide bonds. The van der Waals surface area contributed by atoms with E-state index in [-0.39, 0.29) is 11.9 Å². The number of rotatable bonds is 3. The van der Waals surface area contributed by atoms with E-state index in [1.54, 1.807) is 6.08 Å². The van der Waals surface area contributed by atoms with Crippen LogP contribution in [0.1, 0.15) is 19.8 Å². The van der Waals surface area contributed by atoms with E-state index < -0.39 is 0 Å². The highest BCUT2D eigenvalue weighted by atomic mass is 16.2. The molecule has 0 aromatic carbocycles. The van der Waals surface area contributed by atoms with Crippen molar-refractivity contribution in [2.45, 2.75) is 25.8 Å². The molecule has 1 rings (SSSR count). The molecule has 0 saturated carbocycles. The Labute approximate surface area is 98.1 Å². The summed E-state index contributed by atoms with van der Waals surface area (Å²) in [6.45, 7) is 3.46. The van der Waals surface area contributed by atoms with Gasteiger partial charge in [0.25, 0.3) is 0 Å². The van der Waals surface area contributed by atoms with Crippen molar-refractivity contribution in [3.05, 3.63) is 12.2 Å². The quantitative estimate of drug-likeness (QED) is 0.525. The highest BCUT2D eigenvalue weighted by Gasteiger charge is 2.25. The summed E-state index contributed by atoms with van der Waals surface area (Å²) in [6.07, 6.45) is 5.63. The summed E-state index contributed by atoms with van der Waals surface area (Å²) < 4.78 is 0. The second-order valence-electron chi connectivity index (χ2n) is 4.25. The Kier molecular flexibility index (Phi) is 5.07. The number of carbonyl (C=O) groups excluding carboxylic acids is 1. The summed E-state index contributed by atoms with van der Waals surface area (Å²) in [5.41, 5.74) is 0. The van der Waals surface area contributed by atoms with Crippen LogP contribution in [0.2, 0.25) is 0 Å². The van der Waals surface area contributed by atoms with Crippen molar-refractivity contribution < 1.29 is 4.79 Å². The van der Waals surface area contributed by atoms with Crippen LogP contribution in [0, 0.1) is 11.8 Å². The first-order chi connectivity index (χ1) is 7.65. The number of hydrogen-bond acceptors (Lipinski definition) is 2. The predicted molar refractivity (Wildman–Crippen MR) is 65.9 cm³/mol. The molecule has 1 heterocycles. The lowest BCUT2D eigenvalue weighted by Crippen LogP contribution is -2.33. The summed E-state index contributed by atoms with van der Waals surface area (Å²) >= 11 is 0. The topological polar surface area (TPSA) is 23.6 Å². The van der Waals surface area contributed by atoms with Gasteiger partial charge in [-0.25, -0.2) is 0 Å². The van der Waals surface area contributed by atoms with Crippen molar-refractivity contribution in [1.82, 2.24) is 9.80 Å². The van der Waals surface area contributed by atoms with Gasteiger partial charge in [0.1, 0.15) is 0 Å². The van der Waals surface area contributed by atoms with Gasteiger partial charge in [-0.3, -0.25) is 4.79 Å². The molecule has 0 aliphatic carbocycles. The van der Waals surface area contributed by atoms with Crippen LogP contribution in [0.4, 0.5) is 0 Å². The van der Waals surface area contributed by atoms with Gasteiger partial charge in [-0.05, 0) is 33.9 Å². The van der Waals surface area contributed by atoms with Crippen molar-refractivity contribution in [2.24, 2.45) is 0 Å². The Balaban J connectivity index is 2.52. The minimum atomic E-state index is 0.0899. The Bertz CT molecular complexity index is 323. The zero-order valence-electron chi connectivity index (χ0n) is 10.4. The Morgan fingerprint density at radius 2 is 2.31 bits per heavy atom. The van der Waals surface area contributed by atoms with Gasteiger partial charge in [-0.1, -0.05) is 12.0 Å². The zero-order chi connectivity index (χ0) is 12.0. The van der Waals surface area contributed by atoms with Gasteiger partial charge in [0.05, 0.1) is 6.04 Å². The van der Waals surface area contributed by atoms with Crippen LogP contribution in [-0.4, -0.2) is 48.9 Å². The minimum absolute atomic E-state index is 0.0899. The number of carbonyl (C=O) groups is 1. The number of nitrogens with zero attached hydrogens (tertiary/aromatic N) is 2. The van der Waals surface area contributed by atoms with Crippen LogP contribution in [0.25, 0.3) is 0 Å². The van der Waals surface area contributed by atoms with Crippen LogP contribution in [0.5, 0.6) is 0 Å². The third kappa shape index (κ3) is 3.71. The summed E-state index contributed by atoms with van der Waals surface area (Å²) in [6, 6.07) is 0.126. The smallest absolute Gasteiger partial charge is 0.247 e. The molecule has 0 N–H and O–H groups in total. The third-order valence-electron chi connectivity index (χ3n) is 2.58. The Morgan fingerprint density at radius 3 is 2.94 bits per heavy atom. The van der Waals surface area contributed by atoms with E-state index in [1.165, 1.54) is 0 Å². The number of hydrogen-bond donors (Lipinski definition) is 0. The molecule has 1 aliphatic rings. The van der Waals surface area contributed by atoms with Gasteiger partial charge in [-0.2, -0.15) is 0 Å². The molecule has 3 heteroatoms. The van der Waals surface area contributed by atoms with E-state index in [0.717, 1.165) is 25.9 Å². The highest BCUT2D eigenvalue weighted by molar-refractivity contribution is 5.88. The van der Waals surface area contributed by atoms with Crippen LogP contribution < -0.4 is 0 Å². The lowest BCUT2D eigenvalue weighted by Gasteiger charge is -2.18. The van der Waals surface area contributed by atoms with Gasteiger partial charge in [0, 0.05) is 19.2 Å². The van der Waals surface area contributed by atoms with Crippen molar-refractivity contribution in [2.75, 3.05) is 27.2 Å². The number of likely N-dealkylation sites (tertiary alicyclic amines) is 1. The largest absolute Gasteiger partial charge is 0.325 e. The Hall–Kier alpha value is -1.27. The lowest BCUT2D eigenvalue weighted by atomic mass is 10.2. The van der Waals surface area contributed by atoms with Gasteiger partial charge >= 0.3 is 0 Å². The molecule has 1 atom stereocenters. The first kappa shape index (κ1) is 12.8. The SMILES string of the molecule is CC#CC1CCCN1C(=O)/C=C/CN(C)C. The molecule has 3 nitrogen and oxygen atoms in total. The molecular formula is C13H20N2O. The molecule has 0 spiro atoms. The normalized spacial score (nSPS) is 20.2. The van der Waals surface area contributed by atoms with E-state index in [0.29, 0.717) is 0 Å². The summed E-state index contributed by atoms with van der Waals surface area (Å²) in [5, 5.41) is 0. The molecule has 0 aromatic heterocycles. The van der Waals surface area contributed by atoms with Crippen molar-refractivity contribution in [3.8, 4) is 11.8 Å². The fourth-order valence-electron chi connectivity index (χ4n) is 1.81. The maximum atomic E-state index is 11.9. The molecule has 1 unspecified atom stereocenters. The number of amides is 1. The van der Waals surface area contributed by atoms with Crippen LogP contribution >= 0.6 is 0 Å². The van der Waals surface area contributed by atoms with Crippen molar-refractivity contribution in [1.29, 1.82) is 0 Å². The average Bonchev–Trinajstić information content (AvgIpc) is 2.66. The second kappa shape index (κ2) is 6.34. The average molecular weight is 220 g/mol. The first-order valence-corrected chi connectivity index (χ1v) is 5.69. The third-order valence-corrected chi connectivity index (χ3v) is 2.58. The van der Waals surface area contributed by atoms with Crippen LogP contribution in [-0.2, 0) is 4.79 Å². The molecule has 1 fully saturated rings. The molecule has 88 valence electrons. The molecule has 0 radical (unpaired) electrons. The second-order valence-corrected chi connectivity index (χ2v) is 4.25. The van der Waals surface area contributed by atoms with Crippen molar-refractivity contribution >= 4 is 5.91 Å². The van der Waals surface area contributed by atoms with Gasteiger partial charge < -0.3 is 9.80 Å². The minimum Gasteiger partial charge on any atom is -0.325 e. The molecule has 16 heavy (non-hydrogen) atoms. The summed E-state index contributed by atoms with van der Waals surface area (Å²) in [7, 11) is 3.96. The van der Waals surface area contributed by atoms with Gasteiger partial charge in [-0.15, -0.1) is 5.92 Å². The van der Waals surface area contributed by atoms with Crippen LogP contribution in [0.15, 0.2) is 12.2 Å². The van der Waals surface area contributed by atoms with Gasteiger partial charge in [0.15, 0.2) is 0 Å². The molecule has 1 aliphatic heterocycles. The fourth-order valence-corrected chi connectivity index (χ4v) is 1.81.